The van der Waals surface area contributed by atoms with Gasteiger partial charge in [0.2, 0.25) is 0 Å². The number of aromatic nitrogens is 3. The smallest absolute Gasteiger partial charge is 0.147 e. The predicted octanol–water partition coefficient (Wildman–Crippen LogP) is 0.852. The van der Waals surface area contributed by atoms with Gasteiger partial charge in [0.05, 0.1) is 25.9 Å². The molecule has 0 bridgehead atoms. The van der Waals surface area contributed by atoms with Crippen molar-refractivity contribution in [2.45, 2.75) is 44.9 Å². The second kappa shape index (κ2) is 6.65. The molecule has 1 saturated heterocycles. The summed E-state index contributed by atoms with van der Waals surface area (Å²) >= 11 is 0. The number of ether oxygens (including phenoxy) is 2. The topological polar surface area (TPSA) is 52.4 Å². The van der Waals surface area contributed by atoms with E-state index in [2.05, 4.69) is 26.7 Å². The van der Waals surface area contributed by atoms with E-state index >= 15 is 0 Å². The summed E-state index contributed by atoms with van der Waals surface area (Å²) in [5.41, 5.74) is 0. The van der Waals surface area contributed by atoms with Gasteiger partial charge in [-0.15, -0.1) is 10.2 Å². The Hall–Kier alpha value is -0.980. The van der Waals surface area contributed by atoms with Crippen LogP contribution in [0.3, 0.4) is 0 Å². The molecule has 20 heavy (non-hydrogen) atoms. The van der Waals surface area contributed by atoms with Gasteiger partial charge in [-0.25, -0.2) is 0 Å². The highest BCUT2D eigenvalue weighted by molar-refractivity contribution is 5.00. The summed E-state index contributed by atoms with van der Waals surface area (Å²) in [4.78, 5) is 2.24. The first-order valence-electron chi connectivity index (χ1n) is 7.62. The molecule has 3 heterocycles. The van der Waals surface area contributed by atoms with Crippen LogP contribution in [-0.2, 0) is 29.0 Å². The molecule has 1 aromatic heterocycles. The number of likely N-dealkylation sites (N-methyl/N-ethyl adjacent to an activating group) is 1. The Kier molecular flexibility index (Phi) is 4.65. The molecular formula is C14H24N4O2. The minimum absolute atomic E-state index is 0.320. The van der Waals surface area contributed by atoms with Crippen LogP contribution in [0.15, 0.2) is 0 Å². The molecule has 1 aromatic rings. The normalized spacial score (nSPS) is 21.8. The minimum Gasteiger partial charge on any atom is -0.377 e. The van der Waals surface area contributed by atoms with Gasteiger partial charge >= 0.3 is 0 Å². The van der Waals surface area contributed by atoms with Crippen molar-refractivity contribution < 1.29 is 9.47 Å². The van der Waals surface area contributed by atoms with E-state index in [0.29, 0.717) is 6.10 Å². The van der Waals surface area contributed by atoms with Gasteiger partial charge in [-0.3, -0.25) is 4.90 Å². The Labute approximate surface area is 120 Å². The molecule has 1 fully saturated rings. The summed E-state index contributed by atoms with van der Waals surface area (Å²) in [5.74, 6) is 2.22. The van der Waals surface area contributed by atoms with E-state index in [4.69, 9.17) is 9.47 Å². The molecule has 3 rings (SSSR count). The fourth-order valence-corrected chi connectivity index (χ4v) is 2.86. The maximum Gasteiger partial charge on any atom is 0.147 e. The zero-order valence-corrected chi connectivity index (χ0v) is 12.3. The Balaban J connectivity index is 1.35. The number of nitrogens with zero attached hydrogens (tertiary/aromatic N) is 4. The molecule has 0 saturated carbocycles. The van der Waals surface area contributed by atoms with Gasteiger partial charge in [-0.2, -0.15) is 0 Å². The van der Waals surface area contributed by atoms with Crippen LogP contribution < -0.4 is 0 Å². The number of fused-ring (bicyclic) bond motifs is 1. The average Bonchev–Trinajstić information content (AvgIpc) is 3.14. The summed E-state index contributed by atoms with van der Waals surface area (Å²) in [6.07, 6.45) is 4.90. The lowest BCUT2D eigenvalue weighted by atomic mass is 10.2. The van der Waals surface area contributed by atoms with Crippen LogP contribution in [0.4, 0.5) is 0 Å². The second-order valence-corrected chi connectivity index (χ2v) is 5.74. The summed E-state index contributed by atoms with van der Waals surface area (Å²) in [6, 6.07) is 0. The van der Waals surface area contributed by atoms with Crippen LogP contribution in [-0.4, -0.2) is 59.2 Å². The molecule has 1 atom stereocenters. The molecule has 0 spiro atoms. The molecule has 6 nitrogen and oxygen atoms in total. The van der Waals surface area contributed by atoms with Crippen molar-refractivity contribution >= 4 is 0 Å². The second-order valence-electron chi connectivity index (χ2n) is 5.74. The predicted molar refractivity (Wildman–Crippen MR) is 74.5 cm³/mol. The number of hydrogen-bond donors (Lipinski definition) is 0. The number of hydrogen-bond acceptors (Lipinski definition) is 5. The van der Waals surface area contributed by atoms with E-state index in [1.807, 2.05) is 0 Å². The van der Waals surface area contributed by atoms with Gasteiger partial charge in [0.1, 0.15) is 11.6 Å². The van der Waals surface area contributed by atoms with Crippen LogP contribution in [0, 0.1) is 0 Å². The molecule has 0 aromatic carbocycles. The zero-order chi connectivity index (χ0) is 13.8. The van der Waals surface area contributed by atoms with E-state index in [1.54, 1.807) is 0 Å². The summed E-state index contributed by atoms with van der Waals surface area (Å²) in [7, 11) is 2.10. The minimum atomic E-state index is 0.320. The van der Waals surface area contributed by atoms with Crippen molar-refractivity contribution in [1.82, 2.24) is 19.7 Å². The van der Waals surface area contributed by atoms with Gasteiger partial charge in [0.15, 0.2) is 0 Å². The monoisotopic (exact) mass is 280 g/mol. The Morgan fingerprint density at radius 3 is 3.20 bits per heavy atom. The maximum atomic E-state index is 5.69. The standard InChI is InChI=1S/C14H24N4O2/c1-17(7-9-19-11-12-4-3-8-20-12)10-14-16-15-13-5-2-6-18(13)14/h12H,2-11H2,1H3. The van der Waals surface area contributed by atoms with Gasteiger partial charge in [0, 0.05) is 26.1 Å². The lowest BCUT2D eigenvalue weighted by Crippen LogP contribution is -2.26. The molecule has 112 valence electrons. The van der Waals surface area contributed by atoms with Crippen molar-refractivity contribution in [3.8, 4) is 0 Å². The van der Waals surface area contributed by atoms with Crippen LogP contribution >= 0.6 is 0 Å². The molecule has 0 amide bonds. The van der Waals surface area contributed by atoms with Gasteiger partial charge < -0.3 is 14.0 Å². The molecule has 2 aliphatic rings. The lowest BCUT2D eigenvalue weighted by molar-refractivity contribution is 0.0115. The Bertz CT molecular complexity index is 429. The third-order valence-electron chi connectivity index (χ3n) is 4.04. The SMILES string of the molecule is CN(CCOCC1CCCO1)Cc1nnc2n1CCC2. The van der Waals surface area contributed by atoms with E-state index in [1.165, 1.54) is 12.8 Å². The van der Waals surface area contributed by atoms with Crippen molar-refractivity contribution in [2.75, 3.05) is 33.4 Å². The highest BCUT2D eigenvalue weighted by Crippen LogP contribution is 2.15. The maximum absolute atomic E-state index is 5.69. The fraction of sp³-hybridized carbons (Fsp3) is 0.857. The number of aryl methyl sites for hydroxylation is 1. The largest absolute Gasteiger partial charge is 0.377 e. The highest BCUT2D eigenvalue weighted by Gasteiger charge is 2.18. The van der Waals surface area contributed by atoms with E-state index in [0.717, 1.165) is 63.9 Å². The molecule has 6 heteroatoms. The van der Waals surface area contributed by atoms with Crippen molar-refractivity contribution in [3.63, 3.8) is 0 Å². The number of rotatable bonds is 7. The van der Waals surface area contributed by atoms with Crippen LogP contribution in [0.1, 0.15) is 30.9 Å². The highest BCUT2D eigenvalue weighted by atomic mass is 16.5. The van der Waals surface area contributed by atoms with E-state index in [-0.39, 0.29) is 0 Å². The Morgan fingerprint density at radius 2 is 2.35 bits per heavy atom. The van der Waals surface area contributed by atoms with Crippen LogP contribution in [0.2, 0.25) is 0 Å². The molecular weight excluding hydrogens is 256 g/mol. The average molecular weight is 280 g/mol. The first-order chi connectivity index (χ1) is 9.83. The van der Waals surface area contributed by atoms with Crippen LogP contribution in [0.5, 0.6) is 0 Å². The first-order valence-corrected chi connectivity index (χ1v) is 7.62. The van der Waals surface area contributed by atoms with E-state index < -0.39 is 0 Å². The quantitative estimate of drug-likeness (QED) is 0.693. The van der Waals surface area contributed by atoms with E-state index in [9.17, 15) is 0 Å². The summed E-state index contributed by atoms with van der Waals surface area (Å²) < 4.78 is 13.5. The summed E-state index contributed by atoms with van der Waals surface area (Å²) in [6.45, 7) is 5.20. The molecule has 2 aliphatic heterocycles. The van der Waals surface area contributed by atoms with Gasteiger partial charge in [-0.1, -0.05) is 0 Å². The van der Waals surface area contributed by atoms with Gasteiger partial charge in [-0.05, 0) is 26.3 Å². The van der Waals surface area contributed by atoms with Crippen molar-refractivity contribution in [1.29, 1.82) is 0 Å². The Morgan fingerprint density at radius 1 is 1.40 bits per heavy atom. The van der Waals surface area contributed by atoms with Gasteiger partial charge in [0.25, 0.3) is 0 Å². The zero-order valence-electron chi connectivity index (χ0n) is 12.3. The lowest BCUT2D eigenvalue weighted by Gasteiger charge is -2.17. The van der Waals surface area contributed by atoms with Crippen molar-refractivity contribution in [3.05, 3.63) is 11.6 Å². The summed E-state index contributed by atoms with van der Waals surface area (Å²) in [5, 5.41) is 8.52. The molecule has 0 N–H and O–H groups in total. The molecule has 0 aliphatic carbocycles. The first kappa shape index (κ1) is 14.0. The fourth-order valence-electron chi connectivity index (χ4n) is 2.86. The third kappa shape index (κ3) is 3.37. The molecule has 1 unspecified atom stereocenters. The molecule has 0 radical (unpaired) electrons. The van der Waals surface area contributed by atoms with Crippen LogP contribution in [0.25, 0.3) is 0 Å². The van der Waals surface area contributed by atoms with Crippen molar-refractivity contribution in [2.24, 2.45) is 0 Å². The third-order valence-corrected chi connectivity index (χ3v) is 4.04.